The van der Waals surface area contributed by atoms with Crippen LogP contribution >= 0.6 is 0 Å². The van der Waals surface area contributed by atoms with E-state index in [4.69, 9.17) is 0 Å². The minimum atomic E-state index is -0.197. The van der Waals surface area contributed by atoms with Gasteiger partial charge in [0.05, 0.1) is 6.04 Å². The summed E-state index contributed by atoms with van der Waals surface area (Å²) in [7, 11) is 0. The zero-order valence-corrected chi connectivity index (χ0v) is 15.9. The van der Waals surface area contributed by atoms with E-state index in [1.807, 2.05) is 25.1 Å². The maximum absolute atomic E-state index is 12.0. The molecule has 1 amide bonds. The van der Waals surface area contributed by atoms with Gasteiger partial charge in [-0.1, -0.05) is 36.4 Å². The number of amides is 1. The van der Waals surface area contributed by atoms with Gasteiger partial charge >= 0.3 is 0 Å². The first-order chi connectivity index (χ1) is 13.1. The molecule has 2 aromatic carbocycles. The number of aromatic hydroxyl groups is 1. The number of guanidine groups is 1. The van der Waals surface area contributed by atoms with Gasteiger partial charge in [-0.15, -0.1) is 0 Å². The number of rotatable bonds is 8. The summed E-state index contributed by atoms with van der Waals surface area (Å²) in [5, 5.41) is 18.9. The van der Waals surface area contributed by atoms with Crippen molar-refractivity contribution in [3.05, 3.63) is 65.7 Å². The van der Waals surface area contributed by atoms with Crippen LogP contribution in [0.5, 0.6) is 5.75 Å². The van der Waals surface area contributed by atoms with Gasteiger partial charge in [0.15, 0.2) is 5.96 Å². The molecule has 0 heterocycles. The van der Waals surface area contributed by atoms with Gasteiger partial charge in [0, 0.05) is 25.2 Å². The fourth-order valence-electron chi connectivity index (χ4n) is 2.57. The maximum atomic E-state index is 12.0. The Morgan fingerprint density at radius 3 is 2.59 bits per heavy atom. The number of phenols is 1. The molecule has 0 bridgehead atoms. The standard InChI is InChI=1S/C21H28N4O2/c1-3-22-21(25-16(2)17-9-5-4-6-10-17)24-14-8-13-23-20(27)18-11-7-12-19(26)15-18/h4-7,9-12,15-16,26H,3,8,13-14H2,1-2H3,(H,23,27)(H2,22,24,25). The van der Waals surface area contributed by atoms with Crippen molar-refractivity contribution in [2.75, 3.05) is 19.6 Å². The fraction of sp³-hybridized carbons (Fsp3) is 0.333. The van der Waals surface area contributed by atoms with E-state index in [9.17, 15) is 9.90 Å². The van der Waals surface area contributed by atoms with Crippen molar-refractivity contribution in [1.29, 1.82) is 0 Å². The van der Waals surface area contributed by atoms with E-state index in [2.05, 4.69) is 40.0 Å². The second kappa shape index (κ2) is 10.9. The van der Waals surface area contributed by atoms with Gasteiger partial charge in [-0.05, 0) is 44.0 Å². The van der Waals surface area contributed by atoms with Crippen LogP contribution in [-0.4, -0.2) is 36.6 Å². The van der Waals surface area contributed by atoms with E-state index in [1.165, 1.54) is 17.7 Å². The number of carbonyl (C=O) groups excluding carboxylic acids is 1. The van der Waals surface area contributed by atoms with Gasteiger partial charge < -0.3 is 21.1 Å². The second-order valence-corrected chi connectivity index (χ2v) is 6.20. The van der Waals surface area contributed by atoms with Crippen LogP contribution in [-0.2, 0) is 0 Å². The summed E-state index contributed by atoms with van der Waals surface area (Å²) in [4.78, 5) is 16.6. The van der Waals surface area contributed by atoms with E-state index in [0.717, 1.165) is 18.9 Å². The van der Waals surface area contributed by atoms with Crippen LogP contribution in [0.3, 0.4) is 0 Å². The molecule has 0 radical (unpaired) electrons. The average Bonchev–Trinajstić information content (AvgIpc) is 2.68. The smallest absolute Gasteiger partial charge is 0.251 e. The quantitative estimate of drug-likeness (QED) is 0.328. The molecule has 0 aliphatic rings. The number of phenolic OH excluding ortho intramolecular Hbond substituents is 1. The number of carbonyl (C=O) groups is 1. The Morgan fingerprint density at radius 2 is 1.89 bits per heavy atom. The molecule has 27 heavy (non-hydrogen) atoms. The number of aliphatic imine (C=N–C) groups is 1. The summed E-state index contributed by atoms with van der Waals surface area (Å²) in [5.41, 5.74) is 1.65. The molecular weight excluding hydrogens is 340 g/mol. The van der Waals surface area contributed by atoms with Crippen molar-refractivity contribution >= 4 is 11.9 Å². The van der Waals surface area contributed by atoms with Gasteiger partial charge in [0.2, 0.25) is 0 Å². The lowest BCUT2D eigenvalue weighted by molar-refractivity contribution is 0.0953. The predicted molar refractivity (Wildman–Crippen MR) is 109 cm³/mol. The molecule has 0 aromatic heterocycles. The Bertz CT molecular complexity index is 747. The summed E-state index contributed by atoms with van der Waals surface area (Å²) >= 11 is 0. The van der Waals surface area contributed by atoms with Gasteiger partial charge in [-0.3, -0.25) is 9.79 Å². The average molecular weight is 368 g/mol. The number of hydrogen-bond acceptors (Lipinski definition) is 3. The molecule has 0 fully saturated rings. The molecule has 2 aromatic rings. The zero-order chi connectivity index (χ0) is 19.5. The van der Waals surface area contributed by atoms with Crippen LogP contribution in [0.1, 0.15) is 42.2 Å². The summed E-state index contributed by atoms with van der Waals surface area (Å²) in [6, 6.07) is 16.7. The van der Waals surface area contributed by atoms with E-state index < -0.39 is 0 Å². The lowest BCUT2D eigenvalue weighted by Gasteiger charge is -2.18. The van der Waals surface area contributed by atoms with Crippen molar-refractivity contribution in [3.63, 3.8) is 0 Å². The van der Waals surface area contributed by atoms with Crippen LogP contribution < -0.4 is 16.0 Å². The Kier molecular flexibility index (Phi) is 8.16. The SMILES string of the molecule is CCNC(=NCCCNC(=O)c1cccc(O)c1)NC(C)c1ccccc1. The highest BCUT2D eigenvalue weighted by Crippen LogP contribution is 2.11. The highest BCUT2D eigenvalue weighted by atomic mass is 16.3. The first kappa shape index (κ1) is 20.3. The summed E-state index contributed by atoms with van der Waals surface area (Å²) in [6.07, 6.45) is 0.723. The molecule has 0 saturated heterocycles. The normalized spacial score (nSPS) is 12.3. The van der Waals surface area contributed by atoms with Crippen molar-refractivity contribution < 1.29 is 9.90 Å². The van der Waals surface area contributed by atoms with Gasteiger partial charge in [0.25, 0.3) is 5.91 Å². The molecule has 6 heteroatoms. The van der Waals surface area contributed by atoms with Crippen LogP contribution in [0.15, 0.2) is 59.6 Å². The molecule has 6 nitrogen and oxygen atoms in total. The Labute approximate surface area is 160 Å². The van der Waals surface area contributed by atoms with Crippen molar-refractivity contribution in [2.24, 2.45) is 4.99 Å². The Morgan fingerprint density at radius 1 is 1.11 bits per heavy atom. The Balaban J connectivity index is 1.78. The minimum absolute atomic E-state index is 0.0844. The fourth-order valence-corrected chi connectivity index (χ4v) is 2.57. The number of hydrogen-bond donors (Lipinski definition) is 4. The molecule has 144 valence electrons. The second-order valence-electron chi connectivity index (χ2n) is 6.20. The highest BCUT2D eigenvalue weighted by Gasteiger charge is 2.07. The first-order valence-electron chi connectivity index (χ1n) is 9.27. The largest absolute Gasteiger partial charge is 0.508 e. The van der Waals surface area contributed by atoms with Gasteiger partial charge in [-0.25, -0.2) is 0 Å². The predicted octanol–water partition coefficient (Wildman–Crippen LogP) is 2.83. The van der Waals surface area contributed by atoms with E-state index in [1.54, 1.807) is 12.1 Å². The lowest BCUT2D eigenvalue weighted by Crippen LogP contribution is -2.39. The van der Waals surface area contributed by atoms with Crippen LogP contribution in [0.2, 0.25) is 0 Å². The molecule has 0 spiro atoms. The van der Waals surface area contributed by atoms with Crippen LogP contribution in [0.25, 0.3) is 0 Å². The maximum Gasteiger partial charge on any atom is 0.251 e. The van der Waals surface area contributed by atoms with Crippen LogP contribution in [0, 0.1) is 0 Å². The molecule has 0 saturated carbocycles. The third-order valence-electron chi connectivity index (χ3n) is 4.00. The molecule has 2 rings (SSSR count). The zero-order valence-electron chi connectivity index (χ0n) is 15.9. The first-order valence-corrected chi connectivity index (χ1v) is 9.27. The monoisotopic (exact) mass is 368 g/mol. The summed E-state index contributed by atoms with van der Waals surface area (Å²) in [6.45, 7) is 6.02. The molecular formula is C21H28N4O2. The van der Waals surface area contributed by atoms with E-state index >= 15 is 0 Å². The number of benzene rings is 2. The topological polar surface area (TPSA) is 85.8 Å². The molecule has 4 N–H and O–H groups in total. The highest BCUT2D eigenvalue weighted by molar-refractivity contribution is 5.94. The Hall–Kier alpha value is -3.02. The number of nitrogens with one attached hydrogen (secondary N) is 3. The summed E-state index contributed by atoms with van der Waals surface area (Å²) in [5.74, 6) is 0.645. The summed E-state index contributed by atoms with van der Waals surface area (Å²) < 4.78 is 0. The third kappa shape index (κ3) is 7.01. The molecule has 0 aliphatic heterocycles. The molecule has 1 atom stereocenters. The van der Waals surface area contributed by atoms with E-state index in [0.29, 0.717) is 18.7 Å². The minimum Gasteiger partial charge on any atom is -0.508 e. The van der Waals surface area contributed by atoms with Crippen molar-refractivity contribution in [3.8, 4) is 5.75 Å². The van der Waals surface area contributed by atoms with Gasteiger partial charge in [0.1, 0.15) is 5.75 Å². The lowest BCUT2D eigenvalue weighted by atomic mass is 10.1. The third-order valence-corrected chi connectivity index (χ3v) is 4.00. The molecule has 0 aliphatic carbocycles. The molecule has 1 unspecified atom stereocenters. The van der Waals surface area contributed by atoms with E-state index in [-0.39, 0.29) is 17.7 Å². The van der Waals surface area contributed by atoms with Crippen LogP contribution in [0.4, 0.5) is 0 Å². The van der Waals surface area contributed by atoms with Crippen molar-refractivity contribution in [1.82, 2.24) is 16.0 Å². The van der Waals surface area contributed by atoms with Gasteiger partial charge in [-0.2, -0.15) is 0 Å². The number of nitrogens with zero attached hydrogens (tertiary/aromatic N) is 1. The van der Waals surface area contributed by atoms with Crippen molar-refractivity contribution in [2.45, 2.75) is 26.3 Å².